The molecule has 3 aromatic heterocycles. The number of hydrogen-bond acceptors (Lipinski definition) is 10. The van der Waals surface area contributed by atoms with Crippen molar-refractivity contribution < 1.29 is 19.3 Å². The second kappa shape index (κ2) is 13.1. The van der Waals surface area contributed by atoms with E-state index in [0.717, 1.165) is 92.9 Å². The van der Waals surface area contributed by atoms with Gasteiger partial charge in [0.1, 0.15) is 11.7 Å². The number of fused-ring (bicyclic) bond motifs is 3. The van der Waals surface area contributed by atoms with Gasteiger partial charge >= 0.3 is 0 Å². The number of benzene rings is 1. The number of halogens is 2. The number of nitrogens with zero attached hydrogens (tertiary/aromatic N) is 7. The van der Waals surface area contributed by atoms with Crippen molar-refractivity contribution >= 4 is 50.8 Å². The zero-order chi connectivity index (χ0) is 35.9. The van der Waals surface area contributed by atoms with Gasteiger partial charge in [0.25, 0.3) is 0 Å². The number of aromatic nitrogens is 4. The first-order valence-electron chi connectivity index (χ1n) is 18.7. The Labute approximate surface area is 317 Å². The lowest BCUT2D eigenvalue weighted by atomic mass is 9.72. The van der Waals surface area contributed by atoms with Crippen LogP contribution in [0.3, 0.4) is 0 Å². The molecule has 7 heterocycles. The van der Waals surface area contributed by atoms with Gasteiger partial charge < -0.3 is 29.7 Å². The van der Waals surface area contributed by atoms with Crippen molar-refractivity contribution in [2.75, 3.05) is 49.7 Å². The number of aliphatic hydroxyl groups excluding tert-OH is 2. The minimum atomic E-state index is -0.629. The molecule has 0 radical (unpaired) electrons. The Kier molecular flexibility index (Phi) is 8.78. The predicted octanol–water partition coefficient (Wildman–Crippen LogP) is 5.82. The summed E-state index contributed by atoms with van der Waals surface area (Å²) in [6, 6.07) is 11.4. The number of rotatable bonds is 8. The molecule has 0 amide bonds. The van der Waals surface area contributed by atoms with Crippen molar-refractivity contribution in [3.05, 3.63) is 60.4 Å². The van der Waals surface area contributed by atoms with E-state index in [1.807, 2.05) is 17.0 Å². The third kappa shape index (κ3) is 5.72. The van der Waals surface area contributed by atoms with Crippen molar-refractivity contribution in [2.45, 2.75) is 92.7 Å². The van der Waals surface area contributed by atoms with Crippen LogP contribution in [-0.4, -0.2) is 109 Å². The van der Waals surface area contributed by atoms with Gasteiger partial charge in [0, 0.05) is 47.5 Å². The molecule has 1 aromatic carbocycles. The van der Waals surface area contributed by atoms with E-state index >= 15 is 0 Å². The monoisotopic (exact) mass is 822 g/mol. The highest BCUT2D eigenvalue weighted by atomic mass is 127. The number of likely N-dealkylation sites (tertiary alicyclic amines) is 2. The number of piperidine rings is 1. The molecule has 9 rings (SSSR count). The second-order valence-electron chi connectivity index (χ2n) is 16.5. The fourth-order valence-electron chi connectivity index (χ4n) is 9.77. The zero-order valence-electron chi connectivity index (χ0n) is 30.1. The minimum absolute atomic E-state index is 0.0955. The van der Waals surface area contributed by atoms with Crippen molar-refractivity contribution in [3.8, 4) is 11.3 Å². The lowest BCUT2D eigenvalue weighted by Gasteiger charge is -2.51. The maximum Gasteiger partial charge on any atom is 0.164 e. The van der Waals surface area contributed by atoms with Gasteiger partial charge in [0.05, 0.1) is 59.3 Å². The Hall–Kier alpha value is -2.95. The average Bonchev–Trinajstić information content (AvgIpc) is 3.72. The normalized spacial score (nSPS) is 27.9. The number of alkyl halides is 1. The molecule has 3 saturated heterocycles. The summed E-state index contributed by atoms with van der Waals surface area (Å²) < 4.78 is 22.5. The molecule has 13 heteroatoms. The van der Waals surface area contributed by atoms with Gasteiger partial charge in [-0.2, -0.15) is 0 Å². The lowest BCUT2D eigenvalue weighted by molar-refractivity contribution is -0.0833. The molecule has 0 bridgehead atoms. The third-order valence-corrected chi connectivity index (χ3v) is 13.3. The predicted molar refractivity (Wildman–Crippen MR) is 208 cm³/mol. The molecule has 4 aromatic rings. The smallest absolute Gasteiger partial charge is 0.164 e. The van der Waals surface area contributed by atoms with Gasteiger partial charge in [-0.15, -0.1) is 0 Å². The van der Waals surface area contributed by atoms with E-state index < -0.39 is 12.0 Å². The first-order valence-corrected chi connectivity index (χ1v) is 20.0. The second-order valence-corrected chi connectivity index (χ2v) is 18.3. The van der Waals surface area contributed by atoms with E-state index in [9.17, 15) is 14.6 Å². The SMILES string of the molecule is CC(I)n1cnc2cc(-c3ccc4c(c3)N(C3CC(N5CC(C)(C)C[C@@H]5CO)C3)C(O)C43CCN(C4COC4)CC3)nc(Nc3ccncc3F)c21. The molecule has 4 fully saturated rings. The Balaban J connectivity index is 1.09. The van der Waals surface area contributed by atoms with Gasteiger partial charge in [-0.05, 0) is 81.3 Å². The fraction of sp³-hybridized carbons (Fsp3) is 0.564. The van der Waals surface area contributed by atoms with Crippen molar-refractivity contribution in [3.63, 3.8) is 0 Å². The van der Waals surface area contributed by atoms with Crippen LogP contribution in [-0.2, 0) is 10.2 Å². The summed E-state index contributed by atoms with van der Waals surface area (Å²) in [4.78, 5) is 21.2. The molecule has 11 nitrogen and oxygen atoms in total. The molecule has 276 valence electrons. The van der Waals surface area contributed by atoms with Crippen LogP contribution < -0.4 is 10.2 Å². The Bertz CT molecular complexity index is 1970. The average molecular weight is 823 g/mol. The maximum atomic E-state index is 14.9. The quantitative estimate of drug-likeness (QED) is 0.148. The summed E-state index contributed by atoms with van der Waals surface area (Å²) in [5.74, 6) is 0.0648. The molecule has 1 aliphatic carbocycles. The molecule has 3 atom stereocenters. The van der Waals surface area contributed by atoms with E-state index in [0.29, 0.717) is 23.6 Å². The van der Waals surface area contributed by atoms with Crippen LogP contribution in [0.2, 0.25) is 0 Å². The topological polar surface area (TPSA) is 115 Å². The van der Waals surface area contributed by atoms with Crippen molar-refractivity contribution in [2.24, 2.45) is 5.41 Å². The molecule has 1 spiro atoms. The first-order chi connectivity index (χ1) is 25.0. The van der Waals surface area contributed by atoms with Gasteiger partial charge in [0.2, 0.25) is 0 Å². The van der Waals surface area contributed by atoms with Crippen LogP contribution in [0.15, 0.2) is 49.1 Å². The largest absolute Gasteiger partial charge is 0.395 e. The van der Waals surface area contributed by atoms with E-state index in [1.54, 1.807) is 12.3 Å². The van der Waals surface area contributed by atoms with Crippen LogP contribution in [0.4, 0.5) is 21.6 Å². The van der Waals surface area contributed by atoms with Crippen LogP contribution in [0, 0.1) is 11.2 Å². The fourth-order valence-corrected chi connectivity index (χ4v) is 10.2. The van der Waals surface area contributed by atoms with Crippen molar-refractivity contribution in [1.82, 2.24) is 29.3 Å². The summed E-state index contributed by atoms with van der Waals surface area (Å²) in [7, 11) is 0. The number of imidazole rings is 1. The Morgan fingerprint density at radius 2 is 1.88 bits per heavy atom. The molecule has 1 saturated carbocycles. The van der Waals surface area contributed by atoms with Gasteiger partial charge in [-0.25, -0.2) is 14.4 Å². The van der Waals surface area contributed by atoms with Crippen LogP contribution in [0.5, 0.6) is 0 Å². The highest BCUT2D eigenvalue weighted by Gasteiger charge is 2.56. The summed E-state index contributed by atoms with van der Waals surface area (Å²) in [5.41, 5.74) is 5.63. The molecule has 3 N–H and O–H groups in total. The summed E-state index contributed by atoms with van der Waals surface area (Å²) in [5, 5.41) is 26.0. The highest BCUT2D eigenvalue weighted by molar-refractivity contribution is 14.1. The molecular weight excluding hydrogens is 774 g/mol. The lowest BCUT2D eigenvalue weighted by Crippen LogP contribution is -2.61. The van der Waals surface area contributed by atoms with E-state index in [-0.39, 0.29) is 33.6 Å². The molecule has 4 aliphatic heterocycles. The van der Waals surface area contributed by atoms with Gasteiger partial charge in [-0.1, -0.05) is 48.6 Å². The number of pyridine rings is 2. The summed E-state index contributed by atoms with van der Waals surface area (Å²) in [6.45, 7) is 11.3. The van der Waals surface area contributed by atoms with Gasteiger partial charge in [-0.3, -0.25) is 14.8 Å². The Morgan fingerprint density at radius 1 is 1.10 bits per heavy atom. The molecule has 52 heavy (non-hydrogen) atoms. The van der Waals surface area contributed by atoms with E-state index in [4.69, 9.17) is 14.7 Å². The number of anilines is 3. The molecular formula is C39H48FIN8O3. The number of ether oxygens (including phenoxy) is 1. The summed E-state index contributed by atoms with van der Waals surface area (Å²) >= 11 is 2.34. The van der Waals surface area contributed by atoms with Gasteiger partial charge in [0.15, 0.2) is 11.6 Å². The summed E-state index contributed by atoms with van der Waals surface area (Å²) in [6.07, 6.45) is 8.63. The highest BCUT2D eigenvalue weighted by Crippen LogP contribution is 2.55. The zero-order valence-corrected chi connectivity index (χ0v) is 32.2. The van der Waals surface area contributed by atoms with E-state index in [2.05, 4.69) is 86.6 Å². The third-order valence-electron chi connectivity index (χ3n) is 12.7. The first kappa shape index (κ1) is 34.8. The van der Waals surface area contributed by atoms with Crippen LogP contribution >= 0.6 is 22.6 Å². The van der Waals surface area contributed by atoms with E-state index in [1.165, 1.54) is 11.8 Å². The van der Waals surface area contributed by atoms with Crippen LogP contribution in [0.1, 0.15) is 62.5 Å². The minimum Gasteiger partial charge on any atom is -0.395 e. The maximum absolute atomic E-state index is 14.9. The molecule has 2 unspecified atom stereocenters. The number of aliphatic hydroxyl groups is 2. The van der Waals surface area contributed by atoms with Crippen molar-refractivity contribution in [1.29, 1.82) is 0 Å². The Morgan fingerprint density at radius 3 is 2.58 bits per heavy atom. The van der Waals surface area contributed by atoms with Crippen LogP contribution in [0.25, 0.3) is 22.3 Å². The number of hydrogen-bond donors (Lipinski definition) is 3. The standard InChI is InChI=1S/C39H48FIN8O3/c1-23(41)48-22-43-33-15-32(45-36(35(33)48)44-31-6-9-42-17-30(31)40)24-4-5-29-34(12-24)49(26-13-25(14-26)47-21-38(2,3)16-27(47)18-50)37(51)39(29)7-10-46(11-8-39)28-19-52-20-28/h4-6,9,12,15,17,22-23,25-28,37,50-51H,7-8,10-11,13-14,16,18-21H2,1-3H3,(H,42,44,45)/t23?,25?,26?,27-,37?/m1/s1. The molecule has 5 aliphatic rings. The number of nitrogens with one attached hydrogen (secondary N) is 1.